The number of hydrogen-bond donors (Lipinski definition) is 3. The van der Waals surface area contributed by atoms with Gasteiger partial charge in [-0.25, -0.2) is 4.79 Å². The Morgan fingerprint density at radius 1 is 1.03 bits per heavy atom. The lowest BCUT2D eigenvalue weighted by Gasteiger charge is -2.13. The zero-order chi connectivity index (χ0) is 26.1. The lowest BCUT2D eigenvalue weighted by Crippen LogP contribution is -2.34. The standard InChI is InChI=1S/C25H23ClN4O5S/c1-4-12-28-24(32)19-14-17(11-13-27-19)36-16-7-5-15(6-8-16)29-25(33)30-23(31)18-9-10-20(34-2)22(35-3)21(18)26/h4-11,13-14H,1,12H2,2-3H3,(H,28,32)(H2,29,30,31,33). The predicted molar refractivity (Wildman–Crippen MR) is 138 cm³/mol. The summed E-state index contributed by atoms with van der Waals surface area (Å²) in [6, 6.07) is 12.7. The predicted octanol–water partition coefficient (Wildman–Crippen LogP) is 4.78. The van der Waals surface area contributed by atoms with Gasteiger partial charge in [-0.15, -0.1) is 6.58 Å². The number of hydrogen-bond acceptors (Lipinski definition) is 7. The quantitative estimate of drug-likeness (QED) is 0.343. The number of nitrogens with zero attached hydrogens (tertiary/aromatic N) is 1. The summed E-state index contributed by atoms with van der Waals surface area (Å²) in [5, 5.41) is 7.55. The number of methoxy groups -OCH3 is 2. The maximum absolute atomic E-state index is 12.5. The average Bonchev–Trinajstić information content (AvgIpc) is 2.88. The van der Waals surface area contributed by atoms with Crippen molar-refractivity contribution < 1.29 is 23.9 Å². The van der Waals surface area contributed by atoms with Crippen LogP contribution in [0.25, 0.3) is 0 Å². The number of imide groups is 1. The second-order valence-corrected chi connectivity index (χ2v) is 8.60. The number of halogens is 1. The van der Waals surface area contributed by atoms with E-state index in [9.17, 15) is 14.4 Å². The summed E-state index contributed by atoms with van der Waals surface area (Å²) in [5.74, 6) is -0.428. The van der Waals surface area contributed by atoms with E-state index < -0.39 is 11.9 Å². The molecular formula is C25H23ClN4O5S. The zero-order valence-electron chi connectivity index (χ0n) is 19.5. The summed E-state index contributed by atoms with van der Waals surface area (Å²) >= 11 is 7.66. The SMILES string of the molecule is C=CCNC(=O)c1cc(Sc2ccc(NC(=O)NC(=O)c3ccc(OC)c(OC)c3Cl)cc2)ccn1. The first-order valence-electron chi connectivity index (χ1n) is 10.5. The highest BCUT2D eigenvalue weighted by atomic mass is 35.5. The number of anilines is 1. The van der Waals surface area contributed by atoms with Crippen molar-refractivity contribution in [2.75, 3.05) is 26.1 Å². The van der Waals surface area contributed by atoms with Gasteiger partial charge in [0.25, 0.3) is 11.8 Å². The van der Waals surface area contributed by atoms with E-state index in [-0.39, 0.29) is 22.2 Å². The number of carbonyl (C=O) groups excluding carboxylic acids is 3. The number of benzene rings is 2. The van der Waals surface area contributed by atoms with E-state index in [1.54, 1.807) is 48.7 Å². The van der Waals surface area contributed by atoms with Crippen LogP contribution in [-0.4, -0.2) is 43.6 Å². The third kappa shape index (κ3) is 6.77. The highest BCUT2D eigenvalue weighted by Crippen LogP contribution is 2.37. The summed E-state index contributed by atoms with van der Waals surface area (Å²) in [6.45, 7) is 3.92. The van der Waals surface area contributed by atoms with Gasteiger partial charge in [-0.05, 0) is 48.5 Å². The molecule has 9 nitrogen and oxygen atoms in total. The summed E-state index contributed by atoms with van der Waals surface area (Å²) in [6.07, 6.45) is 3.15. The Bertz CT molecular complexity index is 1280. The van der Waals surface area contributed by atoms with Crippen molar-refractivity contribution >= 4 is 46.9 Å². The summed E-state index contributed by atoms with van der Waals surface area (Å²) < 4.78 is 10.3. The molecule has 0 radical (unpaired) electrons. The number of urea groups is 1. The van der Waals surface area contributed by atoms with Gasteiger partial charge in [-0.2, -0.15) is 0 Å². The molecule has 11 heteroatoms. The molecule has 1 heterocycles. The lowest BCUT2D eigenvalue weighted by molar-refractivity contribution is 0.0948. The van der Waals surface area contributed by atoms with Crippen molar-refractivity contribution in [2.24, 2.45) is 0 Å². The number of carbonyl (C=O) groups is 3. The van der Waals surface area contributed by atoms with Gasteiger partial charge in [0.05, 0.1) is 24.8 Å². The molecule has 0 saturated heterocycles. The number of nitrogens with one attached hydrogen (secondary N) is 3. The van der Waals surface area contributed by atoms with Crippen LogP contribution in [0.3, 0.4) is 0 Å². The maximum atomic E-state index is 12.5. The molecule has 1 aromatic heterocycles. The number of rotatable bonds is 9. The first-order chi connectivity index (χ1) is 17.4. The molecule has 3 rings (SSSR count). The Kier molecular flexibility index (Phi) is 9.32. The molecule has 0 spiro atoms. The van der Waals surface area contributed by atoms with Crippen LogP contribution < -0.4 is 25.4 Å². The van der Waals surface area contributed by atoms with Gasteiger partial charge < -0.3 is 20.1 Å². The first kappa shape index (κ1) is 26.6. The van der Waals surface area contributed by atoms with Gasteiger partial charge in [0.1, 0.15) is 5.69 Å². The molecule has 0 aliphatic rings. The smallest absolute Gasteiger partial charge is 0.326 e. The summed E-state index contributed by atoms with van der Waals surface area (Å²) in [4.78, 5) is 42.7. The van der Waals surface area contributed by atoms with Crippen LogP contribution in [0.1, 0.15) is 20.8 Å². The second kappa shape index (κ2) is 12.6. The molecule has 0 atom stereocenters. The topological polar surface area (TPSA) is 119 Å². The normalized spacial score (nSPS) is 10.2. The molecule has 3 N–H and O–H groups in total. The Labute approximate surface area is 217 Å². The Hall–Kier alpha value is -4.02. The molecule has 186 valence electrons. The molecule has 4 amide bonds. The van der Waals surface area contributed by atoms with E-state index in [4.69, 9.17) is 21.1 Å². The summed E-state index contributed by atoms with van der Waals surface area (Å²) in [5.41, 5.74) is 0.837. The Morgan fingerprint density at radius 2 is 1.78 bits per heavy atom. The van der Waals surface area contributed by atoms with E-state index in [1.807, 2.05) is 0 Å². The fourth-order valence-electron chi connectivity index (χ4n) is 2.99. The molecule has 2 aromatic carbocycles. The largest absolute Gasteiger partial charge is 0.493 e. The number of ether oxygens (including phenoxy) is 2. The van der Waals surface area contributed by atoms with Crippen LogP contribution in [0.4, 0.5) is 10.5 Å². The highest BCUT2D eigenvalue weighted by Gasteiger charge is 2.20. The van der Waals surface area contributed by atoms with Gasteiger partial charge in [0.15, 0.2) is 11.5 Å². The van der Waals surface area contributed by atoms with E-state index >= 15 is 0 Å². The number of amides is 4. The Morgan fingerprint density at radius 3 is 2.44 bits per heavy atom. The third-order valence-electron chi connectivity index (χ3n) is 4.68. The van der Waals surface area contributed by atoms with Gasteiger partial charge in [0.2, 0.25) is 0 Å². The van der Waals surface area contributed by atoms with Gasteiger partial charge >= 0.3 is 6.03 Å². The lowest BCUT2D eigenvalue weighted by atomic mass is 10.2. The number of aromatic nitrogens is 1. The summed E-state index contributed by atoms with van der Waals surface area (Å²) in [7, 11) is 2.85. The molecular weight excluding hydrogens is 504 g/mol. The van der Waals surface area contributed by atoms with Crippen molar-refractivity contribution in [3.8, 4) is 11.5 Å². The molecule has 3 aromatic rings. The van der Waals surface area contributed by atoms with E-state index in [1.165, 1.54) is 38.1 Å². The van der Waals surface area contributed by atoms with Gasteiger partial charge in [-0.3, -0.25) is 19.9 Å². The third-order valence-corrected chi connectivity index (χ3v) is 6.05. The van der Waals surface area contributed by atoms with Crippen LogP contribution in [0.5, 0.6) is 11.5 Å². The highest BCUT2D eigenvalue weighted by molar-refractivity contribution is 7.99. The second-order valence-electron chi connectivity index (χ2n) is 7.07. The van der Waals surface area contributed by atoms with Gasteiger partial charge in [0, 0.05) is 28.2 Å². The minimum absolute atomic E-state index is 0.0287. The van der Waals surface area contributed by atoms with Crippen LogP contribution in [-0.2, 0) is 0 Å². The molecule has 36 heavy (non-hydrogen) atoms. The molecule has 0 aliphatic heterocycles. The molecule has 0 fully saturated rings. The minimum Gasteiger partial charge on any atom is -0.493 e. The molecule has 0 aliphatic carbocycles. The van der Waals surface area contributed by atoms with E-state index in [0.29, 0.717) is 23.7 Å². The molecule has 0 saturated carbocycles. The monoisotopic (exact) mass is 526 g/mol. The van der Waals surface area contributed by atoms with Crippen LogP contribution >= 0.6 is 23.4 Å². The molecule has 0 unspecified atom stereocenters. The van der Waals surface area contributed by atoms with Crippen LogP contribution in [0.15, 0.2) is 77.2 Å². The molecule has 0 bridgehead atoms. The number of pyridine rings is 1. The van der Waals surface area contributed by atoms with Crippen molar-refractivity contribution in [2.45, 2.75) is 9.79 Å². The van der Waals surface area contributed by atoms with E-state index in [2.05, 4.69) is 27.5 Å². The van der Waals surface area contributed by atoms with Crippen molar-refractivity contribution in [3.63, 3.8) is 0 Å². The van der Waals surface area contributed by atoms with Gasteiger partial charge in [-0.1, -0.05) is 29.4 Å². The van der Waals surface area contributed by atoms with Crippen molar-refractivity contribution in [3.05, 3.63) is 83.7 Å². The fraction of sp³-hybridized carbons (Fsp3) is 0.120. The zero-order valence-corrected chi connectivity index (χ0v) is 21.0. The Balaban J connectivity index is 1.60. The average molecular weight is 527 g/mol. The van der Waals surface area contributed by atoms with Crippen LogP contribution in [0.2, 0.25) is 5.02 Å². The minimum atomic E-state index is -0.726. The van der Waals surface area contributed by atoms with Crippen molar-refractivity contribution in [1.29, 1.82) is 0 Å². The maximum Gasteiger partial charge on any atom is 0.326 e. The van der Waals surface area contributed by atoms with Crippen molar-refractivity contribution in [1.82, 2.24) is 15.6 Å². The van der Waals surface area contributed by atoms with Crippen LogP contribution in [0, 0.1) is 0 Å². The van der Waals surface area contributed by atoms with E-state index in [0.717, 1.165) is 9.79 Å². The first-order valence-corrected chi connectivity index (χ1v) is 11.7. The fourth-order valence-corrected chi connectivity index (χ4v) is 4.16.